The van der Waals surface area contributed by atoms with Gasteiger partial charge in [0, 0.05) is 11.8 Å². The van der Waals surface area contributed by atoms with E-state index in [4.69, 9.17) is 47.0 Å². The number of benzene rings is 2. The molecule has 0 aromatic heterocycles. The molecular formula is C20H20Cl3N3OS. The number of thiocarbonyl (C=S) groups is 1. The van der Waals surface area contributed by atoms with Crippen LogP contribution in [0.2, 0.25) is 0 Å². The highest BCUT2D eigenvalue weighted by Crippen LogP contribution is 2.29. The predicted octanol–water partition coefficient (Wildman–Crippen LogP) is 5.12. The van der Waals surface area contributed by atoms with E-state index in [-0.39, 0.29) is 5.11 Å². The van der Waals surface area contributed by atoms with Crippen molar-refractivity contribution in [3.63, 3.8) is 0 Å². The van der Waals surface area contributed by atoms with Gasteiger partial charge in [0.05, 0.1) is 0 Å². The maximum Gasteiger partial charge on any atom is 0.245 e. The second-order valence-electron chi connectivity index (χ2n) is 6.14. The Hall–Kier alpha value is -1.79. The summed E-state index contributed by atoms with van der Waals surface area (Å²) in [5.74, 6) is -0.429. The molecule has 0 heterocycles. The number of halogens is 3. The second-order valence-corrected chi connectivity index (χ2v) is 8.92. The standard InChI is InChI=1S/C20H20Cl3N3OS/c1-13-8-10-16(14(2)12-13)24-19(28)26-18(20(21,22)23)25-17(27)11-9-15-6-4-3-5-7-15/h3-12,18H,1-2H3,(H,25,27)(H2,24,26,28)/b11-9-. The maximum atomic E-state index is 12.2. The predicted molar refractivity (Wildman–Crippen MR) is 123 cm³/mol. The molecule has 1 atom stereocenters. The topological polar surface area (TPSA) is 53.2 Å². The van der Waals surface area contributed by atoms with Gasteiger partial charge in [-0.1, -0.05) is 82.8 Å². The number of hydrogen-bond acceptors (Lipinski definition) is 2. The van der Waals surface area contributed by atoms with Crippen molar-refractivity contribution in [2.75, 3.05) is 5.32 Å². The summed E-state index contributed by atoms with van der Waals surface area (Å²) >= 11 is 23.3. The third kappa shape index (κ3) is 7.32. The zero-order chi connectivity index (χ0) is 20.7. The first-order valence-corrected chi connectivity index (χ1v) is 9.94. The van der Waals surface area contributed by atoms with Gasteiger partial charge in [0.25, 0.3) is 0 Å². The fraction of sp³-hybridized carbons (Fsp3) is 0.200. The van der Waals surface area contributed by atoms with Crippen LogP contribution in [-0.4, -0.2) is 21.0 Å². The van der Waals surface area contributed by atoms with E-state index in [0.29, 0.717) is 0 Å². The Morgan fingerprint density at radius 3 is 2.36 bits per heavy atom. The first-order valence-electron chi connectivity index (χ1n) is 8.40. The molecule has 0 fully saturated rings. The van der Waals surface area contributed by atoms with Crippen molar-refractivity contribution in [3.05, 3.63) is 71.3 Å². The number of aryl methyl sites for hydroxylation is 2. The van der Waals surface area contributed by atoms with Gasteiger partial charge in [-0.25, -0.2) is 0 Å². The minimum atomic E-state index is -1.82. The van der Waals surface area contributed by atoms with Gasteiger partial charge < -0.3 is 16.0 Å². The van der Waals surface area contributed by atoms with E-state index in [1.54, 1.807) is 6.08 Å². The smallest absolute Gasteiger partial charge is 0.245 e. The summed E-state index contributed by atoms with van der Waals surface area (Å²) in [4.78, 5) is 12.2. The monoisotopic (exact) mass is 455 g/mol. The summed E-state index contributed by atoms with van der Waals surface area (Å²) < 4.78 is -1.82. The normalized spacial score (nSPS) is 12.5. The zero-order valence-electron chi connectivity index (χ0n) is 15.3. The van der Waals surface area contributed by atoms with E-state index < -0.39 is 15.9 Å². The molecule has 1 unspecified atom stereocenters. The first kappa shape index (κ1) is 22.5. The minimum absolute atomic E-state index is 0.218. The third-order valence-corrected chi connectivity index (χ3v) is 4.62. The van der Waals surface area contributed by atoms with Crippen molar-refractivity contribution in [2.24, 2.45) is 0 Å². The Morgan fingerprint density at radius 1 is 1.07 bits per heavy atom. The lowest BCUT2D eigenvalue weighted by atomic mass is 10.1. The van der Waals surface area contributed by atoms with Gasteiger partial charge in [-0.15, -0.1) is 0 Å². The fourth-order valence-corrected chi connectivity index (χ4v) is 2.92. The lowest BCUT2D eigenvalue weighted by Gasteiger charge is -2.27. The fourth-order valence-electron chi connectivity index (χ4n) is 2.37. The molecule has 0 saturated carbocycles. The number of amides is 1. The highest BCUT2D eigenvalue weighted by Gasteiger charge is 2.34. The van der Waals surface area contributed by atoms with E-state index >= 15 is 0 Å². The van der Waals surface area contributed by atoms with Crippen LogP contribution in [0.4, 0.5) is 5.69 Å². The number of carbonyl (C=O) groups is 1. The number of nitrogens with one attached hydrogen (secondary N) is 3. The summed E-state index contributed by atoms with van der Waals surface area (Å²) in [5, 5.41) is 8.71. The van der Waals surface area contributed by atoms with Gasteiger partial charge >= 0.3 is 0 Å². The third-order valence-electron chi connectivity index (χ3n) is 3.75. The Morgan fingerprint density at radius 2 is 1.75 bits per heavy atom. The van der Waals surface area contributed by atoms with Crippen LogP contribution in [-0.2, 0) is 4.79 Å². The van der Waals surface area contributed by atoms with Crippen molar-refractivity contribution in [1.82, 2.24) is 10.6 Å². The zero-order valence-corrected chi connectivity index (χ0v) is 18.4. The average molecular weight is 457 g/mol. The molecule has 3 N–H and O–H groups in total. The number of anilines is 1. The van der Waals surface area contributed by atoms with Crippen molar-refractivity contribution in [2.45, 2.75) is 23.8 Å². The molecule has 0 saturated heterocycles. The van der Waals surface area contributed by atoms with E-state index in [2.05, 4.69) is 16.0 Å². The highest BCUT2D eigenvalue weighted by atomic mass is 35.6. The van der Waals surface area contributed by atoms with Crippen molar-refractivity contribution >= 4 is 69.8 Å². The second kappa shape index (κ2) is 10.1. The molecule has 2 aromatic rings. The van der Waals surface area contributed by atoms with Crippen LogP contribution < -0.4 is 16.0 Å². The van der Waals surface area contributed by atoms with Crippen LogP contribution >= 0.6 is 47.0 Å². The van der Waals surface area contributed by atoms with Gasteiger partial charge in [-0.3, -0.25) is 4.79 Å². The highest BCUT2D eigenvalue weighted by molar-refractivity contribution is 7.80. The molecule has 0 spiro atoms. The van der Waals surface area contributed by atoms with Gasteiger partial charge in [-0.2, -0.15) is 0 Å². The summed E-state index contributed by atoms with van der Waals surface area (Å²) in [6.45, 7) is 3.96. The lowest BCUT2D eigenvalue weighted by molar-refractivity contribution is -0.117. The number of carbonyl (C=O) groups excluding carboxylic acids is 1. The Kier molecular flexibility index (Phi) is 8.13. The molecule has 0 radical (unpaired) electrons. The van der Waals surface area contributed by atoms with Crippen molar-refractivity contribution < 1.29 is 4.79 Å². The molecule has 2 rings (SSSR count). The molecule has 0 aliphatic heterocycles. The molecule has 2 aromatic carbocycles. The van der Waals surface area contributed by atoms with E-state index in [0.717, 1.165) is 22.4 Å². The van der Waals surface area contributed by atoms with Crippen LogP contribution in [0, 0.1) is 13.8 Å². The molecule has 4 nitrogen and oxygen atoms in total. The van der Waals surface area contributed by atoms with Gasteiger partial charge in [0.1, 0.15) is 6.17 Å². The van der Waals surface area contributed by atoms with Crippen LogP contribution in [0.15, 0.2) is 54.6 Å². The number of alkyl halides is 3. The molecule has 0 aliphatic carbocycles. The molecule has 28 heavy (non-hydrogen) atoms. The summed E-state index contributed by atoms with van der Waals surface area (Å²) in [5.41, 5.74) is 3.85. The molecule has 1 amide bonds. The van der Waals surface area contributed by atoms with E-state index in [1.807, 2.05) is 62.4 Å². The molecular weight excluding hydrogens is 437 g/mol. The van der Waals surface area contributed by atoms with Crippen LogP contribution in [0.5, 0.6) is 0 Å². The lowest BCUT2D eigenvalue weighted by Crippen LogP contribution is -2.55. The van der Waals surface area contributed by atoms with Crippen molar-refractivity contribution in [1.29, 1.82) is 0 Å². The van der Waals surface area contributed by atoms with Crippen LogP contribution in [0.25, 0.3) is 6.08 Å². The summed E-state index contributed by atoms with van der Waals surface area (Å²) in [6, 6.07) is 15.3. The van der Waals surface area contributed by atoms with Crippen molar-refractivity contribution in [3.8, 4) is 0 Å². The summed E-state index contributed by atoms with van der Waals surface area (Å²) in [6.07, 6.45) is 1.99. The summed E-state index contributed by atoms with van der Waals surface area (Å²) in [7, 11) is 0. The first-order chi connectivity index (χ1) is 13.1. The minimum Gasteiger partial charge on any atom is -0.339 e. The molecule has 0 aliphatic rings. The molecule has 148 valence electrons. The van der Waals surface area contributed by atoms with Gasteiger partial charge in [-0.05, 0) is 49.3 Å². The van der Waals surface area contributed by atoms with E-state index in [9.17, 15) is 4.79 Å². The Bertz CT molecular complexity index is 867. The largest absolute Gasteiger partial charge is 0.339 e. The van der Waals surface area contributed by atoms with Gasteiger partial charge in [0.2, 0.25) is 9.70 Å². The average Bonchev–Trinajstić information content (AvgIpc) is 2.62. The molecule has 0 bridgehead atoms. The quantitative estimate of drug-likeness (QED) is 0.253. The maximum absolute atomic E-state index is 12.2. The van der Waals surface area contributed by atoms with Crippen LogP contribution in [0.1, 0.15) is 16.7 Å². The Labute approximate surface area is 185 Å². The van der Waals surface area contributed by atoms with Crippen LogP contribution in [0.3, 0.4) is 0 Å². The van der Waals surface area contributed by atoms with Gasteiger partial charge in [0.15, 0.2) is 5.11 Å². The van der Waals surface area contributed by atoms with E-state index in [1.165, 1.54) is 6.08 Å². The molecule has 8 heteroatoms. The number of rotatable bonds is 5. The number of hydrogen-bond donors (Lipinski definition) is 3. The SMILES string of the molecule is Cc1ccc(NC(=S)NC(NC(=O)/C=C\c2ccccc2)C(Cl)(Cl)Cl)c(C)c1. The Balaban J connectivity index is 2.02.